The van der Waals surface area contributed by atoms with Crippen molar-refractivity contribution in [3.8, 4) is 0 Å². The molecular weight excluding hydrogens is 258 g/mol. The molecule has 0 heterocycles. The highest BCUT2D eigenvalue weighted by Crippen LogP contribution is 2.33. The highest BCUT2D eigenvalue weighted by atomic mass is 32.2. The molecule has 0 amide bonds. The second-order valence-corrected chi connectivity index (χ2v) is 7.78. The van der Waals surface area contributed by atoms with Crippen molar-refractivity contribution in [2.45, 2.75) is 49.7 Å². The Morgan fingerprint density at radius 3 is 2.47 bits per heavy atom. The fourth-order valence-corrected chi connectivity index (χ4v) is 5.10. The second kappa shape index (κ2) is 5.63. The lowest BCUT2D eigenvalue weighted by molar-refractivity contribution is 0.363. The molecule has 1 aliphatic carbocycles. The van der Waals surface area contributed by atoms with Crippen LogP contribution in [0.1, 0.15) is 36.8 Å². The van der Waals surface area contributed by atoms with Gasteiger partial charge in [0.1, 0.15) is 0 Å². The summed E-state index contributed by atoms with van der Waals surface area (Å²) >= 11 is 0. The van der Waals surface area contributed by atoms with Gasteiger partial charge in [-0.2, -0.15) is 0 Å². The summed E-state index contributed by atoms with van der Waals surface area (Å²) < 4.78 is 25.5. The molecule has 1 saturated carbocycles. The van der Waals surface area contributed by atoms with Crippen molar-refractivity contribution in [3.63, 3.8) is 0 Å². The maximum Gasteiger partial charge on any atom is 0.181 e. The SMILES string of the molecule is Cc1ccc(S(=O)(=O)C2CCCCC2CN)cc1C. The van der Waals surface area contributed by atoms with Gasteiger partial charge < -0.3 is 5.73 Å². The molecule has 19 heavy (non-hydrogen) atoms. The second-order valence-electron chi connectivity index (χ2n) is 5.61. The van der Waals surface area contributed by atoms with E-state index < -0.39 is 9.84 Å². The van der Waals surface area contributed by atoms with Crippen LogP contribution in [0.5, 0.6) is 0 Å². The van der Waals surface area contributed by atoms with Crippen LogP contribution in [-0.2, 0) is 9.84 Å². The van der Waals surface area contributed by atoms with Crippen LogP contribution in [0.3, 0.4) is 0 Å². The van der Waals surface area contributed by atoms with Gasteiger partial charge in [-0.3, -0.25) is 0 Å². The van der Waals surface area contributed by atoms with E-state index in [0.717, 1.165) is 36.8 Å². The van der Waals surface area contributed by atoms with Gasteiger partial charge >= 0.3 is 0 Å². The molecule has 1 aliphatic rings. The van der Waals surface area contributed by atoms with E-state index in [0.29, 0.717) is 11.4 Å². The molecule has 2 N–H and O–H groups in total. The van der Waals surface area contributed by atoms with Crippen molar-refractivity contribution < 1.29 is 8.42 Å². The summed E-state index contributed by atoms with van der Waals surface area (Å²) in [5, 5.41) is -0.298. The fourth-order valence-electron chi connectivity index (χ4n) is 2.92. The van der Waals surface area contributed by atoms with Gasteiger partial charge in [0.25, 0.3) is 0 Å². The zero-order chi connectivity index (χ0) is 14.0. The Morgan fingerprint density at radius 2 is 1.84 bits per heavy atom. The molecule has 4 heteroatoms. The molecule has 2 rings (SSSR count). The van der Waals surface area contributed by atoms with Gasteiger partial charge in [0.15, 0.2) is 9.84 Å². The third-order valence-corrected chi connectivity index (χ3v) is 6.68. The molecule has 0 bridgehead atoms. The lowest BCUT2D eigenvalue weighted by atomic mass is 9.89. The van der Waals surface area contributed by atoms with Crippen LogP contribution in [0.15, 0.2) is 23.1 Å². The molecule has 2 atom stereocenters. The summed E-state index contributed by atoms with van der Waals surface area (Å²) in [4.78, 5) is 0.459. The Bertz CT molecular complexity index is 551. The largest absolute Gasteiger partial charge is 0.330 e. The number of sulfone groups is 1. The van der Waals surface area contributed by atoms with E-state index in [9.17, 15) is 8.42 Å². The molecule has 2 unspecified atom stereocenters. The van der Waals surface area contributed by atoms with Crippen LogP contribution in [0.2, 0.25) is 0 Å². The van der Waals surface area contributed by atoms with Crippen LogP contribution in [0.25, 0.3) is 0 Å². The van der Waals surface area contributed by atoms with Gasteiger partial charge in [-0.1, -0.05) is 18.9 Å². The van der Waals surface area contributed by atoms with E-state index in [4.69, 9.17) is 5.73 Å². The third-order valence-electron chi connectivity index (χ3n) is 4.35. The molecule has 1 aromatic rings. The Kier molecular flexibility index (Phi) is 4.31. The quantitative estimate of drug-likeness (QED) is 0.926. The fraction of sp³-hybridized carbons (Fsp3) is 0.600. The molecular formula is C15H23NO2S. The summed E-state index contributed by atoms with van der Waals surface area (Å²) in [6.45, 7) is 4.42. The highest BCUT2D eigenvalue weighted by Gasteiger charge is 2.35. The maximum absolute atomic E-state index is 12.8. The van der Waals surface area contributed by atoms with Gasteiger partial charge in [-0.05, 0) is 62.4 Å². The topological polar surface area (TPSA) is 60.2 Å². The van der Waals surface area contributed by atoms with Gasteiger partial charge in [0.2, 0.25) is 0 Å². The van der Waals surface area contributed by atoms with E-state index in [1.807, 2.05) is 19.9 Å². The van der Waals surface area contributed by atoms with Crippen molar-refractivity contribution in [3.05, 3.63) is 29.3 Å². The average Bonchev–Trinajstić information content (AvgIpc) is 2.41. The standard InChI is InChI=1S/C15H23NO2S/c1-11-7-8-14(9-12(11)2)19(17,18)15-6-4-3-5-13(15)10-16/h7-9,13,15H,3-6,10,16H2,1-2H3. The third kappa shape index (κ3) is 2.84. The number of hydrogen-bond donors (Lipinski definition) is 1. The highest BCUT2D eigenvalue weighted by molar-refractivity contribution is 7.92. The monoisotopic (exact) mass is 281 g/mol. The summed E-state index contributed by atoms with van der Waals surface area (Å²) in [6.07, 6.45) is 3.77. The number of aryl methyl sites for hydroxylation is 2. The summed E-state index contributed by atoms with van der Waals surface area (Å²) in [5.74, 6) is 0.111. The molecule has 0 saturated heterocycles. The number of benzene rings is 1. The van der Waals surface area contributed by atoms with Crippen LogP contribution in [0, 0.1) is 19.8 Å². The first-order valence-electron chi connectivity index (χ1n) is 6.98. The van der Waals surface area contributed by atoms with E-state index >= 15 is 0 Å². The number of rotatable bonds is 3. The maximum atomic E-state index is 12.8. The van der Waals surface area contributed by atoms with Crippen molar-refractivity contribution in [1.82, 2.24) is 0 Å². The van der Waals surface area contributed by atoms with Crippen LogP contribution in [-0.4, -0.2) is 20.2 Å². The van der Waals surface area contributed by atoms with Gasteiger partial charge in [-0.25, -0.2) is 8.42 Å². The minimum atomic E-state index is -3.24. The normalized spacial score (nSPS) is 24.4. The van der Waals surface area contributed by atoms with E-state index in [-0.39, 0.29) is 11.2 Å². The Hall–Kier alpha value is -0.870. The predicted octanol–water partition coefficient (Wildman–Crippen LogP) is 2.59. The van der Waals surface area contributed by atoms with Crippen molar-refractivity contribution in [2.24, 2.45) is 11.7 Å². The number of hydrogen-bond acceptors (Lipinski definition) is 3. The van der Waals surface area contributed by atoms with E-state index in [1.165, 1.54) is 0 Å². The predicted molar refractivity (Wildman–Crippen MR) is 77.9 cm³/mol. The molecule has 0 aromatic heterocycles. The zero-order valence-electron chi connectivity index (χ0n) is 11.7. The van der Waals surface area contributed by atoms with Crippen molar-refractivity contribution >= 4 is 9.84 Å². The molecule has 0 radical (unpaired) electrons. The van der Waals surface area contributed by atoms with E-state index in [2.05, 4.69) is 0 Å². The van der Waals surface area contributed by atoms with Crippen molar-refractivity contribution in [2.75, 3.05) is 6.54 Å². The van der Waals surface area contributed by atoms with Crippen LogP contribution in [0.4, 0.5) is 0 Å². The molecule has 0 spiro atoms. The summed E-state index contributed by atoms with van der Waals surface area (Å²) in [5.41, 5.74) is 7.91. The summed E-state index contributed by atoms with van der Waals surface area (Å²) in [6, 6.07) is 5.43. The van der Waals surface area contributed by atoms with Gasteiger partial charge in [0.05, 0.1) is 10.1 Å². The van der Waals surface area contributed by atoms with E-state index in [1.54, 1.807) is 12.1 Å². The van der Waals surface area contributed by atoms with Gasteiger partial charge in [0, 0.05) is 0 Å². The first-order valence-corrected chi connectivity index (χ1v) is 8.52. The molecule has 3 nitrogen and oxygen atoms in total. The minimum Gasteiger partial charge on any atom is -0.330 e. The molecule has 106 valence electrons. The zero-order valence-corrected chi connectivity index (χ0v) is 12.5. The number of nitrogens with two attached hydrogens (primary N) is 1. The van der Waals surface area contributed by atoms with Crippen LogP contribution >= 0.6 is 0 Å². The lowest BCUT2D eigenvalue weighted by Gasteiger charge is -2.30. The molecule has 1 fully saturated rings. The molecule has 1 aromatic carbocycles. The first-order chi connectivity index (χ1) is 8.96. The van der Waals surface area contributed by atoms with Crippen molar-refractivity contribution in [1.29, 1.82) is 0 Å². The lowest BCUT2D eigenvalue weighted by Crippen LogP contribution is -2.37. The minimum absolute atomic E-state index is 0.111. The first kappa shape index (κ1) is 14.5. The Labute approximate surface area is 116 Å². The molecule has 0 aliphatic heterocycles. The smallest absolute Gasteiger partial charge is 0.181 e. The Balaban J connectivity index is 2.37. The van der Waals surface area contributed by atoms with Crippen LogP contribution < -0.4 is 5.73 Å². The van der Waals surface area contributed by atoms with Gasteiger partial charge in [-0.15, -0.1) is 0 Å². The average molecular weight is 281 g/mol. The summed E-state index contributed by atoms with van der Waals surface area (Å²) in [7, 11) is -3.24. The Morgan fingerprint density at radius 1 is 1.16 bits per heavy atom.